The van der Waals surface area contributed by atoms with Gasteiger partial charge >= 0.3 is 17.8 Å². The maximum absolute atomic E-state index is 13.1. The lowest BCUT2D eigenvalue weighted by Crippen LogP contribution is -2.14. The van der Waals surface area contributed by atoms with E-state index in [9.17, 15) is 22.8 Å². The van der Waals surface area contributed by atoms with Gasteiger partial charge in [-0.05, 0) is 79.9 Å². The van der Waals surface area contributed by atoms with Gasteiger partial charge in [0.25, 0.3) is 0 Å². The van der Waals surface area contributed by atoms with Crippen LogP contribution in [0.1, 0.15) is 47.2 Å². The molecule has 1 aromatic heterocycles. The summed E-state index contributed by atoms with van der Waals surface area (Å²) in [5.41, 5.74) is 1.45. The Balaban J connectivity index is 1.62. The molecule has 0 aliphatic rings. The summed E-state index contributed by atoms with van der Waals surface area (Å²) in [5.74, 6) is 0.487. The Kier molecular flexibility index (Phi) is 8.86. The molecule has 4 rings (SSSR count). The Bertz CT molecular complexity index is 1620. The van der Waals surface area contributed by atoms with Crippen LogP contribution in [0.4, 0.5) is 13.2 Å². The molecule has 3 aromatic carbocycles. The highest BCUT2D eigenvalue weighted by Crippen LogP contribution is 2.33. The van der Waals surface area contributed by atoms with Gasteiger partial charge in [-0.15, -0.1) is 0 Å². The molecule has 1 heterocycles. The average molecular weight is 567 g/mol. The fourth-order valence-electron chi connectivity index (χ4n) is 4.28. The van der Waals surface area contributed by atoms with E-state index >= 15 is 0 Å². The summed E-state index contributed by atoms with van der Waals surface area (Å²) in [5, 5.41) is 0.599. The minimum atomic E-state index is -4.45. The SMILES string of the molecule is COc1ccc(/C=C/C(=O)OCc2c(OC(C)C)ccc3c(C)c(Cc4ccc(C(F)(F)F)cc4)c(=O)oc23)cc1. The normalized spacial score (nSPS) is 11.8. The van der Waals surface area contributed by atoms with Crippen LogP contribution in [-0.4, -0.2) is 19.2 Å². The minimum absolute atomic E-state index is 0.0902. The fourth-order valence-corrected chi connectivity index (χ4v) is 4.28. The van der Waals surface area contributed by atoms with E-state index in [1.54, 1.807) is 56.5 Å². The molecule has 0 N–H and O–H groups in total. The van der Waals surface area contributed by atoms with Crippen molar-refractivity contribution in [2.24, 2.45) is 0 Å². The van der Waals surface area contributed by atoms with Crippen LogP contribution in [0.3, 0.4) is 0 Å². The highest BCUT2D eigenvalue weighted by atomic mass is 19.4. The van der Waals surface area contributed by atoms with Crippen molar-refractivity contribution in [1.82, 2.24) is 0 Å². The van der Waals surface area contributed by atoms with Gasteiger partial charge in [-0.3, -0.25) is 0 Å². The number of fused-ring (bicyclic) bond motifs is 1. The van der Waals surface area contributed by atoms with Crippen molar-refractivity contribution in [2.45, 2.75) is 46.1 Å². The maximum atomic E-state index is 13.1. The van der Waals surface area contributed by atoms with Crippen molar-refractivity contribution in [3.63, 3.8) is 0 Å². The number of aryl methyl sites for hydroxylation is 1. The summed E-state index contributed by atoms with van der Waals surface area (Å²) in [6.07, 6.45) is -1.67. The van der Waals surface area contributed by atoms with E-state index in [2.05, 4.69) is 0 Å². The van der Waals surface area contributed by atoms with Gasteiger partial charge < -0.3 is 18.6 Å². The van der Waals surface area contributed by atoms with E-state index < -0.39 is 23.3 Å². The van der Waals surface area contributed by atoms with Gasteiger partial charge in [0.05, 0.1) is 24.3 Å². The summed E-state index contributed by atoms with van der Waals surface area (Å²) in [6, 6.07) is 15.2. The zero-order valence-corrected chi connectivity index (χ0v) is 23.0. The molecule has 4 aromatic rings. The lowest BCUT2D eigenvalue weighted by Gasteiger charge is -2.17. The number of hydrogen-bond donors (Lipinski definition) is 0. The van der Waals surface area contributed by atoms with Crippen LogP contribution in [0.5, 0.6) is 11.5 Å². The van der Waals surface area contributed by atoms with Crippen LogP contribution in [0.15, 0.2) is 76.0 Å². The number of methoxy groups -OCH3 is 1. The standard InChI is InChI=1S/C32H29F3O6/c1-19(2)40-28-15-14-25-20(3)26(17-22-5-10-23(11-6-22)32(33,34)35)31(37)41-30(25)27(28)18-39-29(36)16-9-21-7-12-24(38-4)13-8-21/h5-16,19H,17-18H2,1-4H3/b16-9+. The van der Waals surface area contributed by atoms with E-state index in [1.807, 2.05) is 13.8 Å². The maximum Gasteiger partial charge on any atom is 0.416 e. The number of hydrogen-bond acceptors (Lipinski definition) is 6. The van der Waals surface area contributed by atoms with Crippen molar-refractivity contribution in [3.8, 4) is 11.5 Å². The second-order valence-electron chi connectivity index (χ2n) is 9.66. The van der Waals surface area contributed by atoms with E-state index in [4.69, 9.17) is 18.6 Å². The molecule has 41 heavy (non-hydrogen) atoms. The van der Waals surface area contributed by atoms with E-state index in [-0.39, 0.29) is 24.7 Å². The number of carbonyl (C=O) groups excluding carboxylic acids is 1. The number of rotatable bonds is 9. The number of halogens is 3. The van der Waals surface area contributed by atoms with Crippen molar-refractivity contribution in [2.75, 3.05) is 7.11 Å². The van der Waals surface area contributed by atoms with Gasteiger partial charge in [0.15, 0.2) is 0 Å². The molecule has 0 aliphatic heterocycles. The van der Waals surface area contributed by atoms with Gasteiger partial charge in [-0.25, -0.2) is 9.59 Å². The summed E-state index contributed by atoms with van der Waals surface area (Å²) < 4.78 is 61.1. The molecule has 9 heteroatoms. The Morgan fingerprint density at radius 2 is 1.66 bits per heavy atom. The minimum Gasteiger partial charge on any atom is -0.497 e. The molecule has 0 radical (unpaired) electrons. The molecular weight excluding hydrogens is 537 g/mol. The Morgan fingerprint density at radius 3 is 2.27 bits per heavy atom. The molecule has 0 fully saturated rings. The zero-order valence-electron chi connectivity index (χ0n) is 23.0. The number of benzene rings is 3. The predicted octanol–water partition coefficient (Wildman–Crippen LogP) is 7.26. The summed E-state index contributed by atoms with van der Waals surface area (Å²) in [7, 11) is 1.57. The third kappa shape index (κ3) is 7.16. The van der Waals surface area contributed by atoms with Crippen molar-refractivity contribution >= 4 is 23.0 Å². The third-order valence-electron chi connectivity index (χ3n) is 6.43. The highest BCUT2D eigenvalue weighted by molar-refractivity contribution is 5.88. The number of carbonyl (C=O) groups is 1. The Hall–Kier alpha value is -4.53. The van der Waals surface area contributed by atoms with E-state index in [1.165, 1.54) is 18.2 Å². The molecule has 0 aliphatic carbocycles. The van der Waals surface area contributed by atoms with Gasteiger partial charge in [0.1, 0.15) is 23.7 Å². The summed E-state index contributed by atoms with van der Waals surface area (Å²) in [4.78, 5) is 25.6. The number of esters is 1. The molecule has 0 spiro atoms. The monoisotopic (exact) mass is 566 g/mol. The topological polar surface area (TPSA) is 75.0 Å². The van der Waals surface area contributed by atoms with E-state index in [0.717, 1.165) is 17.7 Å². The van der Waals surface area contributed by atoms with Crippen LogP contribution in [0.2, 0.25) is 0 Å². The number of alkyl halides is 3. The van der Waals surface area contributed by atoms with Crippen LogP contribution in [-0.2, 0) is 28.7 Å². The molecule has 0 bridgehead atoms. The molecule has 0 unspecified atom stereocenters. The fraction of sp³-hybridized carbons (Fsp3) is 0.250. The lowest BCUT2D eigenvalue weighted by atomic mass is 9.97. The molecule has 0 amide bonds. The smallest absolute Gasteiger partial charge is 0.416 e. The average Bonchev–Trinajstić information content (AvgIpc) is 2.93. The van der Waals surface area contributed by atoms with Gasteiger partial charge in [0.2, 0.25) is 0 Å². The molecule has 6 nitrogen and oxygen atoms in total. The first-order valence-corrected chi connectivity index (χ1v) is 12.9. The first kappa shape index (κ1) is 29.5. The first-order valence-electron chi connectivity index (χ1n) is 12.9. The summed E-state index contributed by atoms with van der Waals surface area (Å²) >= 11 is 0. The van der Waals surface area contributed by atoms with Gasteiger partial charge in [-0.2, -0.15) is 13.2 Å². The number of ether oxygens (including phenoxy) is 3. The van der Waals surface area contributed by atoms with Crippen LogP contribution in [0, 0.1) is 6.92 Å². The van der Waals surface area contributed by atoms with Crippen molar-refractivity contribution in [1.29, 1.82) is 0 Å². The second kappa shape index (κ2) is 12.3. The quantitative estimate of drug-likeness (QED) is 0.121. The molecular formula is C32H29F3O6. The molecule has 0 saturated carbocycles. The third-order valence-corrected chi connectivity index (χ3v) is 6.43. The Labute approximate surface area is 235 Å². The summed E-state index contributed by atoms with van der Waals surface area (Å²) in [6.45, 7) is 5.21. The van der Waals surface area contributed by atoms with Crippen molar-refractivity contribution in [3.05, 3.63) is 111 Å². The largest absolute Gasteiger partial charge is 0.497 e. The molecule has 0 atom stereocenters. The second-order valence-corrected chi connectivity index (χ2v) is 9.66. The molecule has 214 valence electrons. The lowest BCUT2D eigenvalue weighted by molar-refractivity contribution is -0.139. The first-order chi connectivity index (χ1) is 19.5. The van der Waals surface area contributed by atoms with Crippen LogP contribution in [0.25, 0.3) is 17.0 Å². The van der Waals surface area contributed by atoms with Gasteiger partial charge in [-0.1, -0.05) is 24.3 Å². The predicted molar refractivity (Wildman–Crippen MR) is 149 cm³/mol. The molecule has 0 saturated heterocycles. The zero-order chi connectivity index (χ0) is 29.7. The van der Waals surface area contributed by atoms with Crippen LogP contribution < -0.4 is 15.1 Å². The van der Waals surface area contributed by atoms with Gasteiger partial charge in [0, 0.05) is 23.4 Å². The van der Waals surface area contributed by atoms with E-state index in [0.29, 0.717) is 39.1 Å². The Morgan fingerprint density at radius 1 is 0.976 bits per heavy atom. The van der Waals surface area contributed by atoms with Crippen LogP contribution >= 0.6 is 0 Å². The highest BCUT2D eigenvalue weighted by Gasteiger charge is 2.30. The van der Waals surface area contributed by atoms with Crippen molar-refractivity contribution < 1.29 is 36.6 Å².